The second-order valence-corrected chi connectivity index (χ2v) is 10.7. The molecule has 0 bridgehead atoms. The van der Waals surface area contributed by atoms with Crippen LogP contribution >= 0.6 is 11.5 Å². The highest BCUT2D eigenvalue weighted by molar-refractivity contribution is 7.10. The lowest BCUT2D eigenvalue weighted by atomic mass is 10.1. The van der Waals surface area contributed by atoms with Gasteiger partial charge in [0.25, 0.3) is 0 Å². The summed E-state index contributed by atoms with van der Waals surface area (Å²) in [6, 6.07) is 8.12. The number of nitrogens with zero attached hydrogens (tertiary/aromatic N) is 7. The summed E-state index contributed by atoms with van der Waals surface area (Å²) in [6.07, 6.45) is 12.4. The van der Waals surface area contributed by atoms with Crippen LogP contribution in [0.3, 0.4) is 0 Å². The maximum atomic E-state index is 12.3. The van der Waals surface area contributed by atoms with Gasteiger partial charge in [-0.2, -0.15) is 9.47 Å². The number of benzene rings is 1. The summed E-state index contributed by atoms with van der Waals surface area (Å²) in [5.41, 5.74) is 5.77. The summed E-state index contributed by atoms with van der Waals surface area (Å²) >= 11 is 1.48. The molecule has 12 heteroatoms. The largest absolute Gasteiger partial charge is 0.355 e. The molecule has 1 fully saturated rings. The maximum absolute atomic E-state index is 12.3. The van der Waals surface area contributed by atoms with E-state index in [0.29, 0.717) is 13.0 Å². The van der Waals surface area contributed by atoms with Crippen molar-refractivity contribution >= 4 is 34.4 Å². The molecule has 5 aromatic rings. The van der Waals surface area contributed by atoms with Gasteiger partial charge in [0.2, 0.25) is 6.41 Å². The third-order valence-corrected chi connectivity index (χ3v) is 7.55. The van der Waals surface area contributed by atoms with Crippen LogP contribution in [0.4, 0.5) is 15.2 Å². The van der Waals surface area contributed by atoms with Gasteiger partial charge in [-0.25, -0.2) is 14.4 Å². The van der Waals surface area contributed by atoms with Crippen molar-refractivity contribution in [3.05, 3.63) is 77.9 Å². The van der Waals surface area contributed by atoms with Crippen molar-refractivity contribution in [2.24, 2.45) is 0 Å². The summed E-state index contributed by atoms with van der Waals surface area (Å²) in [7, 11) is 0. The number of likely N-dealkylation sites (tertiary alicyclic amines) is 1. The van der Waals surface area contributed by atoms with E-state index < -0.39 is 0 Å². The van der Waals surface area contributed by atoms with Crippen LogP contribution < -0.4 is 10.6 Å². The summed E-state index contributed by atoms with van der Waals surface area (Å²) in [5, 5.41) is 11.3. The Kier molecular flexibility index (Phi) is 9.32. The maximum Gasteiger partial charge on any atom is 0.207 e. The van der Waals surface area contributed by atoms with E-state index in [9.17, 15) is 9.18 Å². The summed E-state index contributed by atoms with van der Waals surface area (Å²) < 4.78 is 21.0. The molecule has 1 aliphatic rings. The number of nitrogens with one attached hydrogen (secondary N) is 2. The van der Waals surface area contributed by atoms with Crippen molar-refractivity contribution in [2.45, 2.75) is 52.7 Å². The van der Waals surface area contributed by atoms with Crippen molar-refractivity contribution < 1.29 is 9.18 Å². The molecule has 6 rings (SSSR count). The number of hydrogen-bond donors (Lipinski definition) is 2. The monoisotopic (exact) mass is 575 g/mol. The van der Waals surface area contributed by atoms with E-state index in [2.05, 4.69) is 47.4 Å². The van der Waals surface area contributed by atoms with Crippen LogP contribution in [0.15, 0.2) is 55.1 Å². The number of aromatic nitrogens is 6. The fourth-order valence-corrected chi connectivity index (χ4v) is 5.40. The molecule has 0 unspecified atom stereocenters. The van der Waals surface area contributed by atoms with Crippen LogP contribution in [0.2, 0.25) is 0 Å². The molecule has 1 aromatic carbocycles. The molecule has 5 heterocycles. The van der Waals surface area contributed by atoms with Gasteiger partial charge in [0.15, 0.2) is 11.5 Å². The number of halogens is 1. The number of amides is 1. The first-order valence-corrected chi connectivity index (χ1v) is 14.5. The standard InChI is InChI=1S/C21H26N8S.C8H8FNO/c1-3-28-13-16(10-23-28)18-11-22-21-20(24-15(2)12-29(18)21)25-19-9-17(26-30-19)14-27-7-5-4-6-8-27;9-8-3-1-7(2-4-8)5-10-6-11/h9-13H,3-8,14H2,1-2H3,(H,24,25);1-4,6H,5H2,(H,10,11). The van der Waals surface area contributed by atoms with E-state index in [-0.39, 0.29) is 5.82 Å². The second kappa shape index (κ2) is 13.5. The van der Waals surface area contributed by atoms with Gasteiger partial charge < -0.3 is 10.6 Å². The SMILES string of the molecule is CCn1cc(-c2cnc3c(Nc4cc(CN5CCCCC5)ns4)nc(C)cn23)cn1.O=CNCc1ccc(F)cc1. The lowest BCUT2D eigenvalue weighted by Crippen LogP contribution is -2.29. The molecule has 4 aromatic heterocycles. The third-order valence-electron chi connectivity index (χ3n) is 6.80. The first-order chi connectivity index (χ1) is 20.0. The number of piperidine rings is 1. The summed E-state index contributed by atoms with van der Waals surface area (Å²) in [4.78, 5) is 21.7. The molecule has 0 saturated carbocycles. The van der Waals surface area contributed by atoms with Gasteiger partial charge in [0.1, 0.15) is 10.8 Å². The van der Waals surface area contributed by atoms with Gasteiger partial charge in [0.05, 0.1) is 29.5 Å². The molecule has 1 saturated heterocycles. The minimum atomic E-state index is -0.264. The van der Waals surface area contributed by atoms with E-state index in [4.69, 9.17) is 4.98 Å². The number of anilines is 2. The fourth-order valence-electron chi connectivity index (χ4n) is 4.75. The van der Waals surface area contributed by atoms with E-state index in [0.717, 1.165) is 57.8 Å². The Morgan fingerprint density at radius 3 is 2.63 bits per heavy atom. The first kappa shape index (κ1) is 28.4. The Balaban J connectivity index is 0.000000259. The highest BCUT2D eigenvalue weighted by Gasteiger charge is 2.16. The molecule has 1 aliphatic heterocycles. The van der Waals surface area contributed by atoms with Crippen molar-refractivity contribution in [2.75, 3.05) is 18.4 Å². The average molecular weight is 576 g/mol. The van der Waals surface area contributed by atoms with Crippen LogP contribution in [-0.2, 0) is 24.4 Å². The van der Waals surface area contributed by atoms with Crippen molar-refractivity contribution in [1.82, 2.24) is 38.7 Å². The summed E-state index contributed by atoms with van der Waals surface area (Å²) in [6.45, 7) is 8.63. The summed E-state index contributed by atoms with van der Waals surface area (Å²) in [5.74, 6) is 0.483. The van der Waals surface area contributed by atoms with Crippen molar-refractivity contribution in [3.63, 3.8) is 0 Å². The quantitative estimate of drug-likeness (QED) is 0.233. The van der Waals surface area contributed by atoms with E-state index in [1.165, 1.54) is 56.0 Å². The van der Waals surface area contributed by atoms with Gasteiger partial charge >= 0.3 is 0 Å². The minimum absolute atomic E-state index is 0.264. The molecule has 41 heavy (non-hydrogen) atoms. The normalized spacial score (nSPS) is 13.5. The molecular weight excluding hydrogens is 541 g/mol. The molecule has 1 amide bonds. The Bertz CT molecular complexity index is 1570. The third kappa shape index (κ3) is 7.33. The molecule has 0 spiro atoms. The molecular formula is C29H34FN9OS. The minimum Gasteiger partial charge on any atom is -0.355 e. The van der Waals surface area contributed by atoms with Gasteiger partial charge in [0, 0.05) is 37.6 Å². The zero-order valence-corrected chi connectivity index (χ0v) is 24.1. The number of fused-ring (bicyclic) bond motifs is 1. The Morgan fingerprint density at radius 2 is 1.90 bits per heavy atom. The Hall–Kier alpha value is -4.16. The van der Waals surface area contributed by atoms with Crippen LogP contribution in [0, 0.1) is 12.7 Å². The molecule has 10 nitrogen and oxygen atoms in total. The lowest BCUT2D eigenvalue weighted by molar-refractivity contribution is -0.109. The highest BCUT2D eigenvalue weighted by Crippen LogP contribution is 2.28. The first-order valence-electron chi connectivity index (χ1n) is 13.8. The van der Waals surface area contributed by atoms with Crippen LogP contribution in [0.25, 0.3) is 16.9 Å². The van der Waals surface area contributed by atoms with Gasteiger partial charge in [-0.1, -0.05) is 18.6 Å². The number of imidazole rings is 1. The number of carbonyl (C=O) groups excluding carboxylic acids is 1. The van der Waals surface area contributed by atoms with Crippen LogP contribution in [0.5, 0.6) is 0 Å². The van der Waals surface area contributed by atoms with Crippen LogP contribution in [-0.4, -0.2) is 52.9 Å². The van der Waals surface area contributed by atoms with E-state index in [1.807, 2.05) is 36.4 Å². The molecule has 214 valence electrons. The highest BCUT2D eigenvalue weighted by atomic mass is 32.1. The zero-order chi connectivity index (χ0) is 28.6. The number of rotatable bonds is 9. The Morgan fingerprint density at radius 1 is 1.10 bits per heavy atom. The lowest BCUT2D eigenvalue weighted by Gasteiger charge is -2.25. The molecule has 0 radical (unpaired) electrons. The zero-order valence-electron chi connectivity index (χ0n) is 23.3. The Labute approximate surface area is 242 Å². The van der Waals surface area contributed by atoms with E-state index >= 15 is 0 Å². The van der Waals surface area contributed by atoms with Gasteiger partial charge in [-0.3, -0.25) is 18.8 Å². The van der Waals surface area contributed by atoms with Crippen LogP contribution in [0.1, 0.15) is 43.1 Å². The van der Waals surface area contributed by atoms with Gasteiger partial charge in [-0.15, -0.1) is 0 Å². The molecule has 0 aliphatic carbocycles. The van der Waals surface area contributed by atoms with Crippen molar-refractivity contribution in [3.8, 4) is 11.3 Å². The van der Waals surface area contributed by atoms with Gasteiger partial charge in [-0.05, 0) is 75.1 Å². The van der Waals surface area contributed by atoms with E-state index in [1.54, 1.807) is 12.1 Å². The number of carbonyl (C=O) groups is 1. The molecule has 0 atom stereocenters. The van der Waals surface area contributed by atoms with Crippen molar-refractivity contribution in [1.29, 1.82) is 0 Å². The molecule has 2 N–H and O–H groups in total. The predicted octanol–water partition coefficient (Wildman–Crippen LogP) is 5.18. The fraction of sp³-hybridized carbons (Fsp3) is 0.345. The predicted molar refractivity (Wildman–Crippen MR) is 158 cm³/mol. The average Bonchev–Trinajstić information content (AvgIpc) is 3.74. The second-order valence-electron chi connectivity index (χ2n) is 9.92. The number of aryl methyl sites for hydroxylation is 2. The topological polar surface area (TPSA) is 105 Å². The number of hydrogen-bond acceptors (Lipinski definition) is 8. The smallest absolute Gasteiger partial charge is 0.207 e.